The van der Waals surface area contributed by atoms with Gasteiger partial charge in [-0.2, -0.15) is 5.10 Å². The highest BCUT2D eigenvalue weighted by molar-refractivity contribution is 7.89. The first-order valence-corrected chi connectivity index (χ1v) is 7.48. The summed E-state index contributed by atoms with van der Waals surface area (Å²) in [6.07, 6.45) is 1.51. The Morgan fingerprint density at radius 2 is 2.05 bits per heavy atom. The second-order valence-electron chi connectivity index (χ2n) is 4.31. The normalized spacial score (nSPS) is 11.8. The Balaban J connectivity index is 2.30. The molecule has 0 saturated heterocycles. The van der Waals surface area contributed by atoms with Crippen LogP contribution in [0.15, 0.2) is 29.3 Å². The van der Waals surface area contributed by atoms with Gasteiger partial charge in [-0.3, -0.25) is 4.68 Å². The third-order valence-electron chi connectivity index (χ3n) is 3.01. The molecule has 21 heavy (non-hydrogen) atoms. The van der Waals surface area contributed by atoms with Crippen LogP contribution < -0.4 is 10.5 Å². The molecule has 0 atom stereocenters. The van der Waals surface area contributed by atoms with Crippen LogP contribution in [0.2, 0.25) is 0 Å². The van der Waals surface area contributed by atoms with Crippen LogP contribution in [-0.2, 0) is 30.2 Å². The maximum atomic E-state index is 14.0. The molecule has 2 aromatic rings. The molecule has 0 bridgehead atoms. The van der Waals surface area contributed by atoms with E-state index in [4.69, 9.17) is 5.73 Å². The van der Waals surface area contributed by atoms with Crippen molar-refractivity contribution in [3.8, 4) is 0 Å². The van der Waals surface area contributed by atoms with Gasteiger partial charge in [0.1, 0.15) is 10.7 Å². The minimum absolute atomic E-state index is 0.0619. The molecule has 0 aliphatic carbocycles. The number of hydrogen-bond donors (Lipinski definition) is 2. The van der Waals surface area contributed by atoms with Crippen molar-refractivity contribution in [1.82, 2.24) is 14.5 Å². The van der Waals surface area contributed by atoms with Crippen molar-refractivity contribution in [3.05, 3.63) is 47.3 Å². The lowest BCUT2D eigenvalue weighted by Crippen LogP contribution is -2.26. The summed E-state index contributed by atoms with van der Waals surface area (Å²) in [5.74, 6) is -2.05. The van der Waals surface area contributed by atoms with Crippen LogP contribution in [0.25, 0.3) is 0 Å². The predicted molar refractivity (Wildman–Crippen MR) is 71.5 cm³/mol. The van der Waals surface area contributed by atoms with Crippen LogP contribution in [0, 0.1) is 11.6 Å². The Morgan fingerprint density at radius 1 is 1.33 bits per heavy atom. The van der Waals surface area contributed by atoms with E-state index < -0.39 is 38.7 Å². The first kappa shape index (κ1) is 15.5. The van der Waals surface area contributed by atoms with Crippen LogP contribution in [0.3, 0.4) is 0 Å². The second-order valence-corrected chi connectivity index (χ2v) is 6.05. The summed E-state index contributed by atoms with van der Waals surface area (Å²) in [4.78, 5) is -0.633. The zero-order valence-electron chi connectivity index (χ0n) is 11.2. The molecule has 0 radical (unpaired) electrons. The standard InChI is InChI=1S/C12H14F2N4O2S/c1-18-8(4-5-16-18)7-17-21(19,20)11-3-2-10(13)9(6-15)12(11)14/h2-5,17H,6-7,15H2,1H3. The summed E-state index contributed by atoms with van der Waals surface area (Å²) < 4.78 is 55.3. The molecule has 114 valence electrons. The Kier molecular flexibility index (Phi) is 4.35. The van der Waals surface area contributed by atoms with Gasteiger partial charge in [-0.15, -0.1) is 0 Å². The molecule has 0 aliphatic heterocycles. The van der Waals surface area contributed by atoms with E-state index in [1.54, 1.807) is 13.1 Å². The fraction of sp³-hybridized carbons (Fsp3) is 0.250. The molecule has 0 amide bonds. The number of nitrogens with two attached hydrogens (primary N) is 1. The van der Waals surface area contributed by atoms with Crippen LogP contribution in [-0.4, -0.2) is 18.2 Å². The molecule has 0 saturated carbocycles. The van der Waals surface area contributed by atoms with Crippen LogP contribution in [0.1, 0.15) is 11.3 Å². The van der Waals surface area contributed by atoms with Crippen molar-refractivity contribution in [3.63, 3.8) is 0 Å². The van der Waals surface area contributed by atoms with Crippen LogP contribution >= 0.6 is 0 Å². The van der Waals surface area contributed by atoms with Crippen molar-refractivity contribution in [1.29, 1.82) is 0 Å². The van der Waals surface area contributed by atoms with E-state index in [1.165, 1.54) is 10.9 Å². The first-order chi connectivity index (χ1) is 9.86. The van der Waals surface area contributed by atoms with Gasteiger partial charge in [0, 0.05) is 25.4 Å². The first-order valence-electron chi connectivity index (χ1n) is 6.00. The summed E-state index contributed by atoms with van der Waals surface area (Å²) in [7, 11) is -2.47. The van der Waals surface area contributed by atoms with Gasteiger partial charge in [0.15, 0.2) is 5.82 Å². The molecule has 1 heterocycles. The molecule has 0 unspecified atom stereocenters. The van der Waals surface area contributed by atoms with Crippen molar-refractivity contribution in [2.45, 2.75) is 18.0 Å². The zero-order chi connectivity index (χ0) is 15.6. The summed E-state index contributed by atoms with van der Waals surface area (Å²) in [6, 6.07) is 3.37. The molecule has 9 heteroatoms. The lowest BCUT2D eigenvalue weighted by molar-refractivity contribution is 0.524. The summed E-state index contributed by atoms with van der Waals surface area (Å²) in [5, 5.41) is 3.89. The van der Waals surface area contributed by atoms with E-state index >= 15 is 0 Å². The number of rotatable bonds is 5. The summed E-state index contributed by atoms with van der Waals surface area (Å²) in [6.45, 7) is -0.490. The van der Waals surface area contributed by atoms with E-state index in [0.717, 1.165) is 12.1 Å². The number of aryl methyl sites for hydroxylation is 1. The minimum atomic E-state index is -4.12. The number of aromatic nitrogens is 2. The summed E-state index contributed by atoms with van der Waals surface area (Å²) >= 11 is 0. The van der Waals surface area contributed by atoms with Gasteiger partial charge in [-0.05, 0) is 18.2 Å². The van der Waals surface area contributed by atoms with Gasteiger partial charge in [0.05, 0.1) is 12.2 Å². The van der Waals surface area contributed by atoms with Gasteiger partial charge < -0.3 is 5.73 Å². The number of nitrogens with one attached hydrogen (secondary N) is 1. The van der Waals surface area contributed by atoms with E-state index in [-0.39, 0.29) is 6.54 Å². The maximum absolute atomic E-state index is 14.0. The van der Waals surface area contributed by atoms with E-state index in [9.17, 15) is 17.2 Å². The molecule has 1 aromatic heterocycles. The Labute approximate surface area is 120 Å². The van der Waals surface area contributed by atoms with Crippen molar-refractivity contribution < 1.29 is 17.2 Å². The maximum Gasteiger partial charge on any atom is 0.243 e. The number of halogens is 2. The fourth-order valence-corrected chi connectivity index (χ4v) is 2.89. The average molecular weight is 316 g/mol. The summed E-state index contributed by atoms with van der Waals surface area (Å²) in [5.41, 5.74) is 5.37. The molecule has 3 N–H and O–H groups in total. The predicted octanol–water partition coefficient (Wildman–Crippen LogP) is 0.635. The van der Waals surface area contributed by atoms with E-state index in [1.807, 2.05) is 0 Å². The third-order valence-corrected chi connectivity index (χ3v) is 4.43. The Hall–Kier alpha value is -1.84. The number of benzene rings is 1. The Bertz CT molecular complexity index is 759. The van der Waals surface area contributed by atoms with Gasteiger partial charge in [0.25, 0.3) is 0 Å². The molecule has 0 aliphatic rings. The molecular formula is C12H14F2N4O2S. The number of nitrogens with zero attached hydrogens (tertiary/aromatic N) is 2. The number of sulfonamides is 1. The van der Waals surface area contributed by atoms with Gasteiger partial charge in [-0.25, -0.2) is 21.9 Å². The molecule has 6 nitrogen and oxygen atoms in total. The van der Waals surface area contributed by atoms with Crippen molar-refractivity contribution in [2.75, 3.05) is 0 Å². The molecule has 1 aromatic carbocycles. The second kappa shape index (κ2) is 5.88. The molecule has 0 spiro atoms. The van der Waals surface area contributed by atoms with Crippen molar-refractivity contribution in [2.24, 2.45) is 12.8 Å². The highest BCUT2D eigenvalue weighted by Crippen LogP contribution is 2.20. The van der Waals surface area contributed by atoms with Gasteiger partial charge in [0.2, 0.25) is 10.0 Å². The van der Waals surface area contributed by atoms with E-state index in [2.05, 4.69) is 9.82 Å². The highest BCUT2D eigenvalue weighted by Gasteiger charge is 2.23. The zero-order valence-corrected chi connectivity index (χ0v) is 12.0. The number of hydrogen-bond acceptors (Lipinski definition) is 4. The minimum Gasteiger partial charge on any atom is -0.326 e. The molecular weight excluding hydrogens is 302 g/mol. The highest BCUT2D eigenvalue weighted by atomic mass is 32.2. The quantitative estimate of drug-likeness (QED) is 0.847. The van der Waals surface area contributed by atoms with Crippen molar-refractivity contribution >= 4 is 10.0 Å². The fourth-order valence-electron chi connectivity index (χ4n) is 1.79. The third kappa shape index (κ3) is 3.09. The SMILES string of the molecule is Cn1nccc1CNS(=O)(=O)c1ccc(F)c(CN)c1F. The molecule has 0 fully saturated rings. The smallest absolute Gasteiger partial charge is 0.243 e. The lowest BCUT2D eigenvalue weighted by atomic mass is 10.2. The van der Waals surface area contributed by atoms with Gasteiger partial charge >= 0.3 is 0 Å². The van der Waals surface area contributed by atoms with Gasteiger partial charge in [-0.1, -0.05) is 0 Å². The van der Waals surface area contributed by atoms with E-state index in [0.29, 0.717) is 5.69 Å². The molecule has 2 rings (SSSR count). The van der Waals surface area contributed by atoms with Crippen LogP contribution in [0.5, 0.6) is 0 Å². The topological polar surface area (TPSA) is 90.0 Å². The largest absolute Gasteiger partial charge is 0.326 e. The van der Waals surface area contributed by atoms with Crippen LogP contribution in [0.4, 0.5) is 8.78 Å². The Morgan fingerprint density at radius 3 is 2.62 bits per heavy atom. The lowest BCUT2D eigenvalue weighted by Gasteiger charge is -2.10. The monoisotopic (exact) mass is 316 g/mol. The average Bonchev–Trinajstić information content (AvgIpc) is 2.82.